The molecule has 2 aromatic rings. The molecule has 0 saturated carbocycles. The van der Waals surface area contributed by atoms with Crippen LogP contribution in [0.3, 0.4) is 0 Å². The normalized spacial score (nSPS) is 10.4. The number of para-hydroxylation sites is 1. The van der Waals surface area contributed by atoms with Crippen molar-refractivity contribution in [3.63, 3.8) is 0 Å². The molecular formula is C14H18N4. The van der Waals surface area contributed by atoms with Crippen LogP contribution in [0.15, 0.2) is 36.4 Å². The highest BCUT2D eigenvalue weighted by Crippen LogP contribution is 2.19. The molecule has 1 heterocycles. The molecule has 1 aromatic heterocycles. The molecule has 0 aliphatic heterocycles. The molecule has 0 radical (unpaired) electrons. The Hall–Kier alpha value is -2.10. The van der Waals surface area contributed by atoms with E-state index in [0.717, 1.165) is 23.1 Å². The standard InChI is InChI=1S/C14H18N4/c1-10(2)14-17-12(15-3)9-13(18-14)16-11-7-5-4-6-8-11/h4-10H,1-3H3,(H2,15,16,17,18). The van der Waals surface area contributed by atoms with E-state index >= 15 is 0 Å². The SMILES string of the molecule is CNc1cc(Nc2ccccc2)nc(C(C)C)n1. The van der Waals surface area contributed by atoms with Crippen molar-refractivity contribution in [1.82, 2.24) is 9.97 Å². The van der Waals surface area contributed by atoms with Crippen LogP contribution < -0.4 is 10.6 Å². The summed E-state index contributed by atoms with van der Waals surface area (Å²) in [4.78, 5) is 8.94. The number of anilines is 3. The van der Waals surface area contributed by atoms with E-state index in [0.29, 0.717) is 5.92 Å². The summed E-state index contributed by atoms with van der Waals surface area (Å²) in [6.45, 7) is 4.17. The van der Waals surface area contributed by atoms with Gasteiger partial charge in [-0.25, -0.2) is 9.97 Å². The number of benzene rings is 1. The number of nitrogens with one attached hydrogen (secondary N) is 2. The first-order valence-corrected chi connectivity index (χ1v) is 6.08. The van der Waals surface area contributed by atoms with E-state index in [2.05, 4.69) is 34.4 Å². The molecule has 0 spiro atoms. The lowest BCUT2D eigenvalue weighted by molar-refractivity contribution is 0.778. The lowest BCUT2D eigenvalue weighted by Crippen LogP contribution is -2.05. The minimum atomic E-state index is 0.301. The highest BCUT2D eigenvalue weighted by atomic mass is 15.1. The largest absolute Gasteiger partial charge is 0.373 e. The second-order valence-electron chi connectivity index (χ2n) is 4.39. The van der Waals surface area contributed by atoms with Crippen LogP contribution in [0, 0.1) is 0 Å². The smallest absolute Gasteiger partial charge is 0.136 e. The second-order valence-corrected chi connectivity index (χ2v) is 4.39. The van der Waals surface area contributed by atoms with Crippen molar-refractivity contribution in [2.24, 2.45) is 0 Å². The van der Waals surface area contributed by atoms with Crippen molar-refractivity contribution in [2.45, 2.75) is 19.8 Å². The predicted octanol–water partition coefficient (Wildman–Crippen LogP) is 3.39. The van der Waals surface area contributed by atoms with E-state index < -0.39 is 0 Å². The third-order valence-corrected chi connectivity index (χ3v) is 2.56. The first-order valence-electron chi connectivity index (χ1n) is 6.08. The molecule has 0 aliphatic rings. The Labute approximate surface area is 107 Å². The third-order valence-electron chi connectivity index (χ3n) is 2.56. The summed E-state index contributed by atoms with van der Waals surface area (Å²) < 4.78 is 0. The first-order chi connectivity index (χ1) is 8.69. The van der Waals surface area contributed by atoms with E-state index in [1.54, 1.807) is 0 Å². The van der Waals surface area contributed by atoms with Crippen LogP contribution in [-0.4, -0.2) is 17.0 Å². The van der Waals surface area contributed by atoms with Crippen LogP contribution in [-0.2, 0) is 0 Å². The molecule has 0 saturated heterocycles. The molecule has 4 nitrogen and oxygen atoms in total. The van der Waals surface area contributed by atoms with E-state index in [1.165, 1.54) is 0 Å². The Morgan fingerprint density at radius 2 is 1.67 bits per heavy atom. The summed E-state index contributed by atoms with van der Waals surface area (Å²) in [5.74, 6) is 2.77. The van der Waals surface area contributed by atoms with Crippen LogP contribution in [0.2, 0.25) is 0 Å². The van der Waals surface area contributed by atoms with Crippen molar-refractivity contribution in [2.75, 3.05) is 17.7 Å². The zero-order chi connectivity index (χ0) is 13.0. The van der Waals surface area contributed by atoms with Crippen molar-refractivity contribution >= 4 is 17.3 Å². The molecule has 0 bridgehead atoms. The van der Waals surface area contributed by atoms with Gasteiger partial charge in [0.05, 0.1) is 0 Å². The summed E-state index contributed by atoms with van der Waals surface area (Å²) in [7, 11) is 1.86. The predicted molar refractivity (Wildman–Crippen MR) is 75.4 cm³/mol. The van der Waals surface area contributed by atoms with Gasteiger partial charge in [0, 0.05) is 24.7 Å². The highest BCUT2D eigenvalue weighted by molar-refractivity contribution is 5.58. The maximum Gasteiger partial charge on any atom is 0.136 e. The third kappa shape index (κ3) is 2.97. The second kappa shape index (κ2) is 5.49. The fraction of sp³-hybridized carbons (Fsp3) is 0.286. The fourth-order valence-electron chi connectivity index (χ4n) is 1.59. The van der Waals surface area contributed by atoms with Gasteiger partial charge in [-0.2, -0.15) is 0 Å². The molecule has 0 atom stereocenters. The van der Waals surface area contributed by atoms with E-state index in [-0.39, 0.29) is 0 Å². The first kappa shape index (κ1) is 12.4. The summed E-state index contributed by atoms with van der Waals surface area (Å²) in [5.41, 5.74) is 1.02. The maximum atomic E-state index is 4.51. The zero-order valence-electron chi connectivity index (χ0n) is 10.9. The molecule has 0 amide bonds. The lowest BCUT2D eigenvalue weighted by Gasteiger charge is -2.11. The number of hydrogen-bond acceptors (Lipinski definition) is 4. The van der Waals surface area contributed by atoms with Gasteiger partial charge in [0.25, 0.3) is 0 Å². The maximum absolute atomic E-state index is 4.51. The molecule has 2 rings (SSSR count). The lowest BCUT2D eigenvalue weighted by atomic mass is 10.2. The van der Waals surface area contributed by atoms with Crippen LogP contribution in [0.5, 0.6) is 0 Å². The van der Waals surface area contributed by atoms with Crippen LogP contribution in [0.1, 0.15) is 25.6 Å². The van der Waals surface area contributed by atoms with Gasteiger partial charge in [-0.3, -0.25) is 0 Å². The Bertz CT molecular complexity index is 508. The molecule has 4 heteroatoms. The van der Waals surface area contributed by atoms with Crippen LogP contribution in [0.25, 0.3) is 0 Å². The van der Waals surface area contributed by atoms with Gasteiger partial charge in [-0.1, -0.05) is 32.0 Å². The molecule has 0 aliphatic carbocycles. The molecule has 0 unspecified atom stereocenters. The van der Waals surface area contributed by atoms with Gasteiger partial charge in [-0.05, 0) is 12.1 Å². The average Bonchev–Trinajstić information content (AvgIpc) is 2.39. The number of hydrogen-bond donors (Lipinski definition) is 2. The molecule has 94 valence electrons. The van der Waals surface area contributed by atoms with Gasteiger partial charge < -0.3 is 10.6 Å². The van der Waals surface area contributed by atoms with Gasteiger partial charge in [-0.15, -0.1) is 0 Å². The van der Waals surface area contributed by atoms with Crippen LogP contribution >= 0.6 is 0 Å². The topological polar surface area (TPSA) is 49.8 Å². The molecule has 18 heavy (non-hydrogen) atoms. The Morgan fingerprint density at radius 3 is 2.28 bits per heavy atom. The minimum absolute atomic E-state index is 0.301. The molecule has 0 fully saturated rings. The van der Waals surface area contributed by atoms with E-state index in [4.69, 9.17) is 0 Å². The Balaban J connectivity index is 2.30. The number of aromatic nitrogens is 2. The van der Waals surface area contributed by atoms with E-state index in [1.807, 2.05) is 43.4 Å². The number of rotatable bonds is 4. The summed E-state index contributed by atoms with van der Waals surface area (Å²) in [6, 6.07) is 11.9. The average molecular weight is 242 g/mol. The quantitative estimate of drug-likeness (QED) is 0.863. The monoisotopic (exact) mass is 242 g/mol. The summed E-state index contributed by atoms with van der Waals surface area (Å²) >= 11 is 0. The van der Waals surface area contributed by atoms with E-state index in [9.17, 15) is 0 Å². The molecule has 1 aromatic carbocycles. The summed E-state index contributed by atoms with van der Waals surface area (Å²) in [5, 5.41) is 6.34. The van der Waals surface area contributed by atoms with Crippen molar-refractivity contribution in [1.29, 1.82) is 0 Å². The highest BCUT2D eigenvalue weighted by Gasteiger charge is 2.07. The number of nitrogens with zero attached hydrogens (tertiary/aromatic N) is 2. The van der Waals surface area contributed by atoms with Gasteiger partial charge in [0.15, 0.2) is 0 Å². The van der Waals surface area contributed by atoms with Crippen LogP contribution in [0.4, 0.5) is 17.3 Å². The minimum Gasteiger partial charge on any atom is -0.373 e. The fourth-order valence-corrected chi connectivity index (χ4v) is 1.59. The molecular weight excluding hydrogens is 224 g/mol. The zero-order valence-corrected chi connectivity index (χ0v) is 10.9. The van der Waals surface area contributed by atoms with Crippen molar-refractivity contribution in [3.05, 3.63) is 42.2 Å². The van der Waals surface area contributed by atoms with Crippen molar-refractivity contribution < 1.29 is 0 Å². The van der Waals surface area contributed by atoms with Gasteiger partial charge in [0.1, 0.15) is 17.5 Å². The van der Waals surface area contributed by atoms with Crippen molar-refractivity contribution in [3.8, 4) is 0 Å². The van der Waals surface area contributed by atoms with Gasteiger partial charge in [0.2, 0.25) is 0 Å². The molecule has 2 N–H and O–H groups in total. The Morgan fingerprint density at radius 1 is 1.00 bits per heavy atom. The summed E-state index contributed by atoms with van der Waals surface area (Å²) in [6.07, 6.45) is 0. The van der Waals surface area contributed by atoms with Gasteiger partial charge >= 0.3 is 0 Å². The Kier molecular flexibility index (Phi) is 3.77.